The number of aliphatic hydroxyl groups excluding tert-OH is 1. The molecule has 0 bridgehead atoms. The third-order valence-corrected chi connectivity index (χ3v) is 3.97. The number of aromatic nitrogens is 1. The van der Waals surface area contributed by atoms with Crippen molar-refractivity contribution in [2.75, 3.05) is 0 Å². The highest BCUT2D eigenvalue weighted by molar-refractivity contribution is 6.42. The van der Waals surface area contributed by atoms with Crippen molar-refractivity contribution in [1.82, 2.24) is 5.16 Å². The molecule has 2 aromatic carbocycles. The minimum absolute atomic E-state index is 0.301. The van der Waals surface area contributed by atoms with E-state index in [0.29, 0.717) is 38.2 Å². The maximum absolute atomic E-state index is 13.4. The summed E-state index contributed by atoms with van der Waals surface area (Å²) in [7, 11) is 0. The summed E-state index contributed by atoms with van der Waals surface area (Å²) in [5.41, 5.74) is 2.01. The van der Waals surface area contributed by atoms with Crippen molar-refractivity contribution in [1.29, 1.82) is 0 Å². The van der Waals surface area contributed by atoms with E-state index in [1.807, 2.05) is 0 Å². The lowest BCUT2D eigenvalue weighted by molar-refractivity contribution is 0.281. The topological polar surface area (TPSA) is 46.3 Å². The van der Waals surface area contributed by atoms with Crippen LogP contribution < -0.4 is 0 Å². The van der Waals surface area contributed by atoms with Crippen molar-refractivity contribution >= 4 is 23.2 Å². The van der Waals surface area contributed by atoms with E-state index in [-0.39, 0.29) is 12.4 Å². The van der Waals surface area contributed by atoms with Gasteiger partial charge in [-0.2, -0.15) is 0 Å². The van der Waals surface area contributed by atoms with E-state index in [4.69, 9.17) is 27.7 Å². The molecule has 0 aliphatic carbocycles. The van der Waals surface area contributed by atoms with Gasteiger partial charge in [0.1, 0.15) is 11.5 Å². The Labute approximate surface area is 135 Å². The summed E-state index contributed by atoms with van der Waals surface area (Å²) in [6.07, 6.45) is 0. The highest BCUT2D eigenvalue weighted by atomic mass is 35.5. The fourth-order valence-electron chi connectivity index (χ4n) is 2.18. The number of hydrogen-bond donors (Lipinski definition) is 1. The third-order valence-electron chi connectivity index (χ3n) is 3.23. The van der Waals surface area contributed by atoms with E-state index in [2.05, 4.69) is 5.16 Å². The van der Waals surface area contributed by atoms with Crippen LogP contribution in [0.15, 0.2) is 47.0 Å². The molecule has 1 heterocycles. The molecule has 0 aliphatic heterocycles. The standard InChI is InChI=1S/C16H10Cl2FNO2/c17-13-5-4-10(7-14(13)18)16-12(8-21)15(20-22-16)9-2-1-3-11(19)6-9/h1-7,21H,8H2. The molecule has 0 aliphatic rings. The van der Waals surface area contributed by atoms with Crippen LogP contribution >= 0.6 is 23.2 Å². The SMILES string of the molecule is OCc1c(-c2cccc(F)c2)noc1-c1ccc(Cl)c(Cl)c1. The molecule has 0 spiro atoms. The van der Waals surface area contributed by atoms with Crippen LogP contribution in [0.25, 0.3) is 22.6 Å². The van der Waals surface area contributed by atoms with Crippen molar-refractivity contribution in [2.24, 2.45) is 0 Å². The maximum atomic E-state index is 13.4. The van der Waals surface area contributed by atoms with Gasteiger partial charge in [0.25, 0.3) is 0 Å². The molecular weight excluding hydrogens is 328 g/mol. The summed E-state index contributed by atoms with van der Waals surface area (Å²) in [6.45, 7) is -0.301. The number of benzene rings is 2. The molecule has 3 aromatic rings. The Balaban J connectivity index is 2.13. The summed E-state index contributed by atoms with van der Waals surface area (Å²) in [4.78, 5) is 0. The number of nitrogens with zero attached hydrogens (tertiary/aromatic N) is 1. The second-order valence-electron chi connectivity index (χ2n) is 4.64. The van der Waals surface area contributed by atoms with Crippen molar-refractivity contribution in [3.63, 3.8) is 0 Å². The first-order valence-electron chi connectivity index (χ1n) is 6.41. The molecule has 0 unspecified atom stereocenters. The Bertz CT molecular complexity index is 833. The van der Waals surface area contributed by atoms with E-state index in [1.54, 1.807) is 30.3 Å². The second-order valence-corrected chi connectivity index (χ2v) is 5.45. The number of aliphatic hydroxyl groups is 1. The summed E-state index contributed by atoms with van der Waals surface area (Å²) in [6, 6.07) is 10.9. The molecule has 112 valence electrons. The van der Waals surface area contributed by atoms with Gasteiger partial charge in [-0.05, 0) is 30.3 Å². The second kappa shape index (κ2) is 6.08. The summed E-state index contributed by atoms with van der Waals surface area (Å²) in [5, 5.41) is 14.4. The summed E-state index contributed by atoms with van der Waals surface area (Å²) in [5.74, 6) is -0.0131. The molecule has 3 nitrogen and oxygen atoms in total. The normalized spacial score (nSPS) is 10.9. The van der Waals surface area contributed by atoms with E-state index >= 15 is 0 Å². The fraction of sp³-hybridized carbons (Fsp3) is 0.0625. The van der Waals surface area contributed by atoms with Gasteiger partial charge in [0, 0.05) is 11.1 Å². The quantitative estimate of drug-likeness (QED) is 0.735. The average molecular weight is 338 g/mol. The maximum Gasteiger partial charge on any atom is 0.173 e. The largest absolute Gasteiger partial charge is 0.391 e. The lowest BCUT2D eigenvalue weighted by Gasteiger charge is -2.03. The van der Waals surface area contributed by atoms with Crippen LogP contribution in [0.5, 0.6) is 0 Å². The van der Waals surface area contributed by atoms with Crippen LogP contribution in [0.2, 0.25) is 10.0 Å². The number of halogens is 3. The molecular formula is C16H10Cl2FNO2. The van der Waals surface area contributed by atoms with Gasteiger partial charge in [-0.1, -0.05) is 40.5 Å². The highest BCUT2D eigenvalue weighted by Gasteiger charge is 2.19. The van der Waals surface area contributed by atoms with Gasteiger partial charge in [0.05, 0.1) is 22.2 Å². The van der Waals surface area contributed by atoms with Crippen molar-refractivity contribution in [3.05, 3.63) is 63.9 Å². The molecule has 1 aromatic heterocycles. The smallest absolute Gasteiger partial charge is 0.173 e. The Kier molecular flexibility index (Phi) is 4.16. The first-order chi connectivity index (χ1) is 10.6. The van der Waals surface area contributed by atoms with Gasteiger partial charge < -0.3 is 9.63 Å². The van der Waals surface area contributed by atoms with Gasteiger partial charge in [0.2, 0.25) is 0 Å². The number of rotatable bonds is 3. The van der Waals surface area contributed by atoms with Gasteiger partial charge in [-0.15, -0.1) is 0 Å². The van der Waals surface area contributed by atoms with Crippen LogP contribution in [-0.2, 0) is 6.61 Å². The Hall–Kier alpha value is -1.88. The number of hydrogen-bond acceptors (Lipinski definition) is 3. The minimum Gasteiger partial charge on any atom is -0.391 e. The molecule has 0 fully saturated rings. The zero-order valence-corrected chi connectivity index (χ0v) is 12.7. The fourth-order valence-corrected chi connectivity index (χ4v) is 2.48. The lowest BCUT2D eigenvalue weighted by Crippen LogP contribution is -1.90. The van der Waals surface area contributed by atoms with Gasteiger partial charge in [0.15, 0.2) is 5.76 Å². The van der Waals surface area contributed by atoms with Crippen molar-refractivity contribution in [3.8, 4) is 22.6 Å². The zero-order chi connectivity index (χ0) is 15.7. The van der Waals surface area contributed by atoms with E-state index in [1.165, 1.54) is 12.1 Å². The Morgan fingerprint density at radius 2 is 1.86 bits per heavy atom. The summed E-state index contributed by atoms with van der Waals surface area (Å²) < 4.78 is 18.7. The van der Waals surface area contributed by atoms with Crippen molar-refractivity contribution in [2.45, 2.75) is 6.61 Å². The molecule has 0 atom stereocenters. The highest BCUT2D eigenvalue weighted by Crippen LogP contribution is 2.35. The summed E-state index contributed by atoms with van der Waals surface area (Å²) >= 11 is 11.9. The molecule has 3 rings (SSSR count). The average Bonchev–Trinajstić information content (AvgIpc) is 2.94. The van der Waals surface area contributed by atoms with Gasteiger partial charge >= 0.3 is 0 Å². The van der Waals surface area contributed by atoms with Crippen LogP contribution in [0.3, 0.4) is 0 Å². The molecule has 0 amide bonds. The molecule has 22 heavy (non-hydrogen) atoms. The molecule has 6 heteroatoms. The third kappa shape index (κ3) is 2.73. The van der Waals surface area contributed by atoms with Crippen molar-refractivity contribution < 1.29 is 14.0 Å². The Morgan fingerprint density at radius 1 is 1.05 bits per heavy atom. The predicted octanol–water partition coefficient (Wildman–Crippen LogP) is 4.95. The minimum atomic E-state index is -0.388. The molecule has 0 saturated carbocycles. The monoisotopic (exact) mass is 337 g/mol. The van der Waals surface area contributed by atoms with E-state index in [0.717, 1.165) is 0 Å². The zero-order valence-electron chi connectivity index (χ0n) is 11.2. The van der Waals surface area contributed by atoms with Crippen LogP contribution in [0, 0.1) is 5.82 Å². The van der Waals surface area contributed by atoms with E-state index in [9.17, 15) is 9.50 Å². The first-order valence-corrected chi connectivity index (χ1v) is 7.16. The molecule has 0 saturated heterocycles. The predicted molar refractivity (Wildman–Crippen MR) is 83.3 cm³/mol. The lowest BCUT2D eigenvalue weighted by atomic mass is 10.0. The first kappa shape index (κ1) is 15.0. The Morgan fingerprint density at radius 3 is 2.55 bits per heavy atom. The van der Waals surface area contributed by atoms with E-state index < -0.39 is 0 Å². The van der Waals surface area contributed by atoms with Crippen LogP contribution in [-0.4, -0.2) is 10.3 Å². The van der Waals surface area contributed by atoms with Gasteiger partial charge in [-0.3, -0.25) is 0 Å². The molecule has 1 N–H and O–H groups in total. The molecule has 0 radical (unpaired) electrons. The van der Waals surface area contributed by atoms with Gasteiger partial charge in [-0.25, -0.2) is 4.39 Å². The van der Waals surface area contributed by atoms with Crippen LogP contribution in [0.1, 0.15) is 5.56 Å². The van der Waals surface area contributed by atoms with Crippen LogP contribution in [0.4, 0.5) is 4.39 Å².